The van der Waals surface area contributed by atoms with Gasteiger partial charge in [-0.05, 0) is 49.6 Å². The summed E-state index contributed by atoms with van der Waals surface area (Å²) >= 11 is 0. The number of amides is 1. The molecule has 1 aromatic heterocycles. The van der Waals surface area contributed by atoms with Crippen LogP contribution in [0.15, 0.2) is 46.1 Å². The second-order valence-electron chi connectivity index (χ2n) is 6.76. The van der Waals surface area contributed by atoms with Gasteiger partial charge in [-0.15, -0.1) is 0 Å². The first-order valence-corrected chi connectivity index (χ1v) is 9.06. The fraction of sp³-hybridized carbons (Fsp3) is 0.350. The van der Waals surface area contributed by atoms with E-state index in [0.29, 0.717) is 5.69 Å². The van der Waals surface area contributed by atoms with E-state index in [1.54, 1.807) is 7.05 Å². The van der Waals surface area contributed by atoms with Gasteiger partial charge in [0.25, 0.3) is 5.56 Å². The summed E-state index contributed by atoms with van der Waals surface area (Å²) in [5.74, 6) is -0.336. The highest BCUT2D eigenvalue weighted by Gasteiger charge is 2.10. The predicted octanol–water partition coefficient (Wildman–Crippen LogP) is 1.73. The van der Waals surface area contributed by atoms with Gasteiger partial charge >= 0.3 is 5.69 Å². The van der Waals surface area contributed by atoms with Crippen LogP contribution in [-0.2, 0) is 18.9 Å². The van der Waals surface area contributed by atoms with E-state index in [9.17, 15) is 14.4 Å². The normalized spacial score (nSPS) is 14.5. The van der Waals surface area contributed by atoms with Crippen LogP contribution >= 0.6 is 0 Å². The molecule has 2 aromatic rings. The second-order valence-corrected chi connectivity index (χ2v) is 6.76. The Morgan fingerprint density at radius 2 is 1.70 bits per heavy atom. The Morgan fingerprint density at radius 3 is 2.37 bits per heavy atom. The van der Waals surface area contributed by atoms with Crippen molar-refractivity contribution < 1.29 is 4.79 Å². The molecule has 1 fully saturated rings. The highest BCUT2D eigenvalue weighted by molar-refractivity contribution is 6.01. The Labute approximate surface area is 157 Å². The van der Waals surface area contributed by atoms with Crippen molar-refractivity contribution >= 4 is 23.4 Å². The maximum absolute atomic E-state index is 12.1. The lowest BCUT2D eigenvalue weighted by atomic mass is 10.1. The molecule has 0 spiro atoms. The van der Waals surface area contributed by atoms with Gasteiger partial charge in [0.1, 0.15) is 0 Å². The van der Waals surface area contributed by atoms with E-state index < -0.39 is 11.2 Å². The average Bonchev–Trinajstić information content (AvgIpc) is 2.69. The van der Waals surface area contributed by atoms with E-state index in [4.69, 9.17) is 0 Å². The number of aromatic nitrogens is 2. The molecule has 1 aromatic carbocycles. The van der Waals surface area contributed by atoms with E-state index in [0.717, 1.165) is 23.3 Å². The van der Waals surface area contributed by atoms with E-state index >= 15 is 0 Å². The zero-order valence-electron chi connectivity index (χ0n) is 15.6. The van der Waals surface area contributed by atoms with Gasteiger partial charge in [0.05, 0.1) is 5.56 Å². The molecule has 1 aliphatic rings. The lowest BCUT2D eigenvalue weighted by molar-refractivity contribution is -0.111. The standard InChI is InChI=1S/C20H24N4O3/c1-22-14-15(19(26)23(2)20(22)27)6-11-18(25)21-16-7-9-17(10-8-16)24-12-4-3-5-13-24/h6-11,14H,3-5,12-13H2,1-2H3,(H,21,25)/b11-6+. The Bertz CT molecular complexity index is 964. The van der Waals surface area contributed by atoms with Gasteiger partial charge in [0, 0.05) is 50.8 Å². The molecule has 0 unspecified atom stereocenters. The van der Waals surface area contributed by atoms with E-state index in [1.807, 2.05) is 24.3 Å². The number of nitrogens with zero attached hydrogens (tertiary/aromatic N) is 3. The first-order valence-electron chi connectivity index (χ1n) is 9.06. The number of hydrogen-bond acceptors (Lipinski definition) is 4. The third-order valence-corrected chi connectivity index (χ3v) is 4.74. The van der Waals surface area contributed by atoms with Crippen molar-refractivity contribution in [3.8, 4) is 0 Å². The maximum atomic E-state index is 12.1. The molecule has 1 N–H and O–H groups in total. The minimum Gasteiger partial charge on any atom is -0.372 e. The molecule has 1 amide bonds. The molecule has 2 heterocycles. The molecule has 3 rings (SSSR count). The van der Waals surface area contributed by atoms with Crippen molar-refractivity contribution in [3.05, 3.63) is 62.9 Å². The summed E-state index contributed by atoms with van der Waals surface area (Å²) in [6, 6.07) is 7.77. The number of benzene rings is 1. The van der Waals surface area contributed by atoms with Crippen LogP contribution in [-0.4, -0.2) is 28.1 Å². The average molecular weight is 368 g/mol. The fourth-order valence-corrected chi connectivity index (χ4v) is 3.21. The summed E-state index contributed by atoms with van der Waals surface area (Å²) in [6.07, 6.45) is 7.85. The molecule has 7 nitrogen and oxygen atoms in total. The summed E-state index contributed by atoms with van der Waals surface area (Å²) in [4.78, 5) is 38.2. The number of carbonyl (C=O) groups is 1. The summed E-state index contributed by atoms with van der Waals surface area (Å²) in [5, 5.41) is 2.78. The van der Waals surface area contributed by atoms with Crippen LogP contribution in [0.25, 0.3) is 6.08 Å². The lowest BCUT2D eigenvalue weighted by Crippen LogP contribution is -2.37. The van der Waals surface area contributed by atoms with Crippen molar-refractivity contribution in [1.82, 2.24) is 9.13 Å². The Balaban J connectivity index is 1.66. The van der Waals surface area contributed by atoms with Crippen molar-refractivity contribution in [1.29, 1.82) is 0 Å². The molecule has 27 heavy (non-hydrogen) atoms. The SMILES string of the molecule is Cn1cc(/C=C/C(=O)Nc2ccc(N3CCCCC3)cc2)c(=O)n(C)c1=O. The van der Waals surface area contributed by atoms with Gasteiger partial charge in [-0.25, -0.2) is 4.79 Å². The summed E-state index contributed by atoms with van der Waals surface area (Å²) in [6.45, 7) is 2.14. The third-order valence-electron chi connectivity index (χ3n) is 4.74. The molecule has 0 bridgehead atoms. The second kappa shape index (κ2) is 8.07. The van der Waals surface area contributed by atoms with E-state index in [-0.39, 0.29) is 11.5 Å². The third kappa shape index (κ3) is 4.36. The van der Waals surface area contributed by atoms with Crippen LogP contribution in [0.5, 0.6) is 0 Å². The van der Waals surface area contributed by atoms with Crippen LogP contribution in [0.1, 0.15) is 24.8 Å². The molecular weight excluding hydrogens is 344 g/mol. The molecule has 0 saturated carbocycles. The Kier molecular flexibility index (Phi) is 5.59. The van der Waals surface area contributed by atoms with Crippen LogP contribution < -0.4 is 21.5 Å². The smallest absolute Gasteiger partial charge is 0.330 e. The van der Waals surface area contributed by atoms with Crippen LogP contribution in [0.4, 0.5) is 11.4 Å². The molecule has 0 radical (unpaired) electrons. The quantitative estimate of drug-likeness (QED) is 0.834. The number of piperidine rings is 1. The molecule has 0 aliphatic carbocycles. The maximum Gasteiger partial charge on any atom is 0.330 e. The minimum atomic E-state index is -0.437. The number of hydrogen-bond donors (Lipinski definition) is 1. The van der Waals surface area contributed by atoms with E-state index in [2.05, 4.69) is 10.2 Å². The zero-order valence-corrected chi connectivity index (χ0v) is 15.6. The van der Waals surface area contributed by atoms with Gasteiger partial charge in [0.2, 0.25) is 5.91 Å². The van der Waals surface area contributed by atoms with Crippen LogP contribution in [0, 0.1) is 0 Å². The highest BCUT2D eigenvalue weighted by Crippen LogP contribution is 2.21. The Morgan fingerprint density at radius 1 is 1.04 bits per heavy atom. The molecule has 0 atom stereocenters. The molecule has 1 aliphatic heterocycles. The zero-order chi connectivity index (χ0) is 19.4. The van der Waals surface area contributed by atoms with Gasteiger partial charge in [-0.2, -0.15) is 0 Å². The molecular formula is C20H24N4O3. The number of anilines is 2. The molecule has 142 valence electrons. The number of nitrogens with one attached hydrogen (secondary N) is 1. The van der Waals surface area contributed by atoms with Crippen molar-refractivity contribution in [2.24, 2.45) is 14.1 Å². The van der Waals surface area contributed by atoms with Gasteiger partial charge in [-0.3, -0.25) is 14.2 Å². The monoisotopic (exact) mass is 368 g/mol. The summed E-state index contributed by atoms with van der Waals surface area (Å²) in [7, 11) is 2.97. The van der Waals surface area contributed by atoms with Crippen molar-refractivity contribution in [3.63, 3.8) is 0 Å². The van der Waals surface area contributed by atoms with Crippen molar-refractivity contribution in [2.45, 2.75) is 19.3 Å². The first-order chi connectivity index (χ1) is 13.0. The molecule has 7 heteroatoms. The molecule has 1 saturated heterocycles. The number of rotatable bonds is 4. The first kappa shape index (κ1) is 18.7. The summed E-state index contributed by atoms with van der Waals surface area (Å²) in [5.41, 5.74) is 1.29. The van der Waals surface area contributed by atoms with Crippen molar-refractivity contribution in [2.75, 3.05) is 23.3 Å². The predicted molar refractivity (Wildman–Crippen MR) is 107 cm³/mol. The largest absolute Gasteiger partial charge is 0.372 e. The fourth-order valence-electron chi connectivity index (χ4n) is 3.21. The van der Waals surface area contributed by atoms with Gasteiger partial charge in [0.15, 0.2) is 0 Å². The number of carbonyl (C=O) groups excluding carboxylic acids is 1. The minimum absolute atomic E-state index is 0.273. The highest BCUT2D eigenvalue weighted by atomic mass is 16.2. The van der Waals surface area contributed by atoms with Gasteiger partial charge < -0.3 is 14.8 Å². The number of aryl methyl sites for hydroxylation is 1. The van der Waals surface area contributed by atoms with Gasteiger partial charge in [-0.1, -0.05) is 0 Å². The summed E-state index contributed by atoms with van der Waals surface area (Å²) < 4.78 is 2.31. The Hall–Kier alpha value is -3.09. The van der Waals surface area contributed by atoms with Crippen LogP contribution in [0.2, 0.25) is 0 Å². The van der Waals surface area contributed by atoms with E-state index in [1.165, 1.54) is 49.2 Å². The topological polar surface area (TPSA) is 76.3 Å². The lowest BCUT2D eigenvalue weighted by Gasteiger charge is -2.28. The van der Waals surface area contributed by atoms with Crippen LogP contribution in [0.3, 0.4) is 0 Å².